The van der Waals surface area contributed by atoms with Crippen molar-refractivity contribution in [3.05, 3.63) is 87.4 Å². The highest BCUT2D eigenvalue weighted by atomic mass is 16.5. The maximum Gasteiger partial charge on any atom is 0.337 e. The molecule has 1 aliphatic heterocycles. The molecule has 0 aliphatic carbocycles. The van der Waals surface area contributed by atoms with Crippen LogP contribution in [0.3, 0.4) is 0 Å². The van der Waals surface area contributed by atoms with Crippen LogP contribution in [-0.2, 0) is 9.53 Å². The number of aromatic nitrogens is 1. The molecule has 43 heavy (non-hydrogen) atoms. The Morgan fingerprint density at radius 1 is 1.12 bits per heavy atom. The van der Waals surface area contributed by atoms with E-state index >= 15 is 0 Å². The molecule has 2 atom stereocenters. The number of nitrogens with zero attached hydrogens (tertiary/aromatic N) is 2. The number of esters is 1. The van der Waals surface area contributed by atoms with Gasteiger partial charge in [0.25, 0.3) is 0 Å². The number of nitrogens with one attached hydrogen (secondary N) is 3. The number of urea groups is 1. The molecule has 0 radical (unpaired) electrons. The van der Waals surface area contributed by atoms with E-state index in [2.05, 4.69) is 64.7 Å². The molecule has 4 rings (SSSR count). The fourth-order valence-electron chi connectivity index (χ4n) is 5.08. The lowest BCUT2D eigenvalue weighted by molar-refractivity contribution is -0.136. The third-order valence-corrected chi connectivity index (χ3v) is 7.39. The molecular formula is C32H39N5O6. The van der Waals surface area contributed by atoms with Gasteiger partial charge in [-0.1, -0.05) is 18.2 Å². The Morgan fingerprint density at radius 3 is 2.60 bits per heavy atom. The SMILES string of the molecule is CCOc1cc([C@@H]2NC(=O)NC(C)=C2C(=O)OC)ccc1OC[C@H](O)N/N=C\c1cc(C)n(-c2cccc(C)c2C)c1C. The number of aliphatic hydroxyl groups is 1. The first-order valence-electron chi connectivity index (χ1n) is 14.0. The first kappa shape index (κ1) is 31.2. The molecule has 0 unspecified atom stereocenters. The monoisotopic (exact) mass is 589 g/mol. The number of hydrazone groups is 1. The van der Waals surface area contributed by atoms with Crippen LogP contribution in [0, 0.1) is 27.7 Å². The van der Waals surface area contributed by atoms with Crippen molar-refractivity contribution in [2.24, 2.45) is 5.10 Å². The predicted molar refractivity (Wildman–Crippen MR) is 164 cm³/mol. The molecule has 0 saturated carbocycles. The number of aliphatic hydroxyl groups excluding tert-OH is 1. The Hall–Kier alpha value is -4.77. The lowest BCUT2D eigenvalue weighted by Crippen LogP contribution is -2.45. The van der Waals surface area contributed by atoms with Gasteiger partial charge in [0.05, 0.1) is 31.5 Å². The van der Waals surface area contributed by atoms with Crippen LogP contribution in [0.15, 0.2) is 58.8 Å². The van der Waals surface area contributed by atoms with Gasteiger partial charge in [-0.2, -0.15) is 5.10 Å². The molecule has 0 bridgehead atoms. The van der Waals surface area contributed by atoms with Crippen molar-refractivity contribution in [2.75, 3.05) is 20.3 Å². The Bertz CT molecular complexity index is 1570. The second-order valence-electron chi connectivity index (χ2n) is 10.3. The van der Waals surface area contributed by atoms with Gasteiger partial charge in [0.1, 0.15) is 6.61 Å². The Labute approximate surface area is 251 Å². The summed E-state index contributed by atoms with van der Waals surface area (Å²) in [7, 11) is 1.28. The average Bonchev–Trinajstić information content (AvgIpc) is 3.25. The van der Waals surface area contributed by atoms with Gasteiger partial charge in [0, 0.05) is 28.3 Å². The standard InChI is InChI=1S/C32H39N5O6/c1-8-42-27-15-23(30-29(31(39)41-7)21(5)34-32(40)35-30)12-13-26(27)43-17-28(38)36-33-16-24-14-19(3)37(22(24)6)25-11-9-10-18(2)20(25)4/h9-16,28,30,36,38H,8,17H2,1-7H3,(H2,34,35,40)/b33-16-/t28-,30-/m0/s1. The van der Waals surface area contributed by atoms with E-state index in [1.807, 2.05) is 19.9 Å². The van der Waals surface area contributed by atoms with Crippen molar-refractivity contribution < 1.29 is 28.9 Å². The van der Waals surface area contributed by atoms with E-state index in [9.17, 15) is 14.7 Å². The molecule has 1 aromatic heterocycles. The maximum atomic E-state index is 12.5. The summed E-state index contributed by atoms with van der Waals surface area (Å²) in [5, 5.41) is 20.1. The van der Waals surface area contributed by atoms with Crippen LogP contribution >= 0.6 is 0 Å². The van der Waals surface area contributed by atoms with E-state index in [0.29, 0.717) is 29.4 Å². The van der Waals surface area contributed by atoms with E-state index in [4.69, 9.17) is 14.2 Å². The zero-order valence-electron chi connectivity index (χ0n) is 25.6. The van der Waals surface area contributed by atoms with Crippen molar-refractivity contribution in [3.8, 4) is 17.2 Å². The number of hydrogen-bond acceptors (Lipinski definition) is 8. The number of aryl methyl sites for hydroxylation is 2. The molecule has 2 aromatic carbocycles. The molecule has 0 spiro atoms. The first-order chi connectivity index (χ1) is 20.5. The fraction of sp³-hybridized carbons (Fsp3) is 0.344. The van der Waals surface area contributed by atoms with Crippen LogP contribution in [0.2, 0.25) is 0 Å². The summed E-state index contributed by atoms with van der Waals surface area (Å²) in [5.41, 5.74) is 10.6. The molecular weight excluding hydrogens is 550 g/mol. The Balaban J connectivity index is 1.44. The van der Waals surface area contributed by atoms with E-state index in [1.165, 1.54) is 18.2 Å². The summed E-state index contributed by atoms with van der Waals surface area (Å²) in [6.07, 6.45) is 0.572. The highest BCUT2D eigenvalue weighted by Crippen LogP contribution is 2.35. The number of hydrogen-bond donors (Lipinski definition) is 4. The fourth-order valence-corrected chi connectivity index (χ4v) is 5.08. The van der Waals surface area contributed by atoms with E-state index < -0.39 is 24.3 Å². The van der Waals surface area contributed by atoms with Gasteiger partial charge < -0.3 is 34.5 Å². The zero-order valence-corrected chi connectivity index (χ0v) is 25.6. The minimum Gasteiger partial charge on any atom is -0.490 e. The van der Waals surface area contributed by atoms with Gasteiger partial charge in [-0.25, -0.2) is 9.59 Å². The summed E-state index contributed by atoms with van der Waals surface area (Å²) in [5.74, 6) is 0.215. The highest BCUT2D eigenvalue weighted by molar-refractivity contribution is 5.95. The quantitative estimate of drug-likeness (QED) is 0.114. The molecule has 0 saturated heterocycles. The van der Waals surface area contributed by atoms with Gasteiger partial charge >= 0.3 is 12.0 Å². The molecule has 11 heteroatoms. The molecule has 11 nitrogen and oxygen atoms in total. The summed E-state index contributed by atoms with van der Waals surface area (Å²) in [4.78, 5) is 24.6. The van der Waals surface area contributed by atoms with E-state index in [-0.39, 0.29) is 12.2 Å². The van der Waals surface area contributed by atoms with Gasteiger partial charge in [-0.05, 0) is 82.5 Å². The van der Waals surface area contributed by atoms with Crippen molar-refractivity contribution in [1.29, 1.82) is 0 Å². The minimum absolute atomic E-state index is 0.116. The van der Waals surface area contributed by atoms with Crippen molar-refractivity contribution >= 4 is 18.2 Å². The number of allylic oxidation sites excluding steroid dienone is 1. The summed E-state index contributed by atoms with van der Waals surface area (Å²) in [6.45, 7) is 12.0. The average molecular weight is 590 g/mol. The molecule has 228 valence electrons. The van der Waals surface area contributed by atoms with Crippen LogP contribution in [0.4, 0.5) is 4.79 Å². The van der Waals surface area contributed by atoms with Crippen LogP contribution in [0.5, 0.6) is 11.5 Å². The number of rotatable bonds is 11. The van der Waals surface area contributed by atoms with E-state index in [0.717, 1.165) is 22.6 Å². The number of ether oxygens (including phenoxy) is 3. The molecule has 1 aliphatic rings. The van der Waals surface area contributed by atoms with Gasteiger partial charge in [0.2, 0.25) is 0 Å². The smallest absolute Gasteiger partial charge is 0.337 e. The van der Waals surface area contributed by atoms with Crippen LogP contribution in [0.1, 0.15) is 53.5 Å². The molecule has 4 N–H and O–H groups in total. The molecule has 3 aromatic rings. The lowest BCUT2D eigenvalue weighted by atomic mass is 9.95. The van der Waals surface area contributed by atoms with Crippen molar-refractivity contribution in [3.63, 3.8) is 0 Å². The second-order valence-corrected chi connectivity index (χ2v) is 10.3. The third-order valence-electron chi connectivity index (χ3n) is 7.39. The van der Waals surface area contributed by atoms with Crippen LogP contribution in [-0.4, -0.2) is 54.4 Å². The highest BCUT2D eigenvalue weighted by Gasteiger charge is 2.32. The predicted octanol–water partition coefficient (Wildman–Crippen LogP) is 4.23. The molecule has 2 heterocycles. The van der Waals surface area contributed by atoms with Crippen molar-refractivity contribution in [2.45, 2.75) is 53.8 Å². The number of methoxy groups -OCH3 is 1. The van der Waals surface area contributed by atoms with Crippen LogP contribution in [0.25, 0.3) is 5.69 Å². The number of carbonyl (C=O) groups excluding carboxylic acids is 2. The lowest BCUT2D eigenvalue weighted by Gasteiger charge is -2.28. The van der Waals surface area contributed by atoms with Gasteiger partial charge in [-0.15, -0.1) is 0 Å². The van der Waals surface area contributed by atoms with Crippen molar-refractivity contribution in [1.82, 2.24) is 20.6 Å². The third kappa shape index (κ3) is 6.83. The second kappa shape index (κ2) is 13.5. The van der Waals surface area contributed by atoms with E-state index in [1.54, 1.807) is 31.3 Å². The summed E-state index contributed by atoms with van der Waals surface area (Å²) >= 11 is 0. The molecule has 2 amide bonds. The molecule has 0 fully saturated rings. The number of amides is 2. The first-order valence-corrected chi connectivity index (χ1v) is 14.0. The maximum absolute atomic E-state index is 12.5. The van der Waals surface area contributed by atoms with Gasteiger partial charge in [-0.3, -0.25) is 5.43 Å². The topological polar surface area (TPSA) is 135 Å². The normalized spacial score (nSPS) is 15.6. The number of benzene rings is 2. The summed E-state index contributed by atoms with van der Waals surface area (Å²) in [6, 6.07) is 12.2. The zero-order chi connectivity index (χ0) is 31.3. The largest absolute Gasteiger partial charge is 0.490 e. The van der Waals surface area contributed by atoms with Crippen LogP contribution < -0.4 is 25.5 Å². The van der Waals surface area contributed by atoms with Gasteiger partial charge in [0.15, 0.2) is 17.7 Å². The minimum atomic E-state index is -1.10. The number of carbonyl (C=O) groups is 2. The summed E-state index contributed by atoms with van der Waals surface area (Å²) < 4.78 is 18.7. The Morgan fingerprint density at radius 2 is 1.88 bits per heavy atom. The Kier molecular flexibility index (Phi) is 9.77.